The van der Waals surface area contributed by atoms with E-state index in [1.165, 1.54) is 44.3 Å². The molecule has 1 aliphatic carbocycles. The van der Waals surface area contributed by atoms with Crippen LogP contribution in [0.1, 0.15) is 30.5 Å². The van der Waals surface area contributed by atoms with E-state index >= 15 is 0 Å². The highest BCUT2D eigenvalue weighted by Crippen LogP contribution is 2.54. The molecule has 0 spiro atoms. The molecule has 2 heterocycles. The summed E-state index contributed by atoms with van der Waals surface area (Å²) in [7, 11) is 0. The predicted molar refractivity (Wildman–Crippen MR) is 191 cm³/mol. The maximum Gasteiger partial charge on any atom is 0.160 e. The minimum Gasteiger partial charge on any atom is -0.316 e. The van der Waals surface area contributed by atoms with Crippen molar-refractivity contribution in [1.82, 2.24) is 9.97 Å². The van der Waals surface area contributed by atoms with Gasteiger partial charge in [-0.1, -0.05) is 123 Å². The van der Waals surface area contributed by atoms with E-state index in [0.717, 1.165) is 33.8 Å². The predicted octanol–water partition coefficient (Wildman–Crippen LogP) is 11.1. The molecule has 0 radical (unpaired) electrons. The van der Waals surface area contributed by atoms with Crippen LogP contribution in [0, 0.1) is 0 Å². The zero-order valence-corrected chi connectivity index (χ0v) is 25.8. The van der Waals surface area contributed by atoms with E-state index in [9.17, 15) is 0 Å². The van der Waals surface area contributed by atoms with Crippen molar-refractivity contribution in [3.8, 4) is 45.0 Å². The number of anilines is 2. The Morgan fingerprint density at radius 1 is 0.565 bits per heavy atom. The van der Waals surface area contributed by atoms with E-state index in [4.69, 9.17) is 9.97 Å². The summed E-state index contributed by atoms with van der Waals surface area (Å²) in [5.74, 6) is 0.707. The molecule has 3 heteroatoms. The Morgan fingerprint density at radius 2 is 1.22 bits per heavy atom. The standard InChI is InChI=1S/C43H31N3/c1-43(2)36-21-10-9-19-33(36)35-26-30-23-24-46(39-22-12-20-34(40(30)39)41(35)43)32-18-11-17-31(25-32)42-44-37(28-13-5-3-6-14-28)27-38(45-42)29-15-7-4-8-16-29/h3-27H,1-2H3. The fourth-order valence-electron chi connectivity index (χ4n) is 7.46. The first kappa shape index (κ1) is 26.6. The van der Waals surface area contributed by atoms with Crippen LogP contribution in [0.5, 0.6) is 0 Å². The van der Waals surface area contributed by atoms with Gasteiger partial charge < -0.3 is 4.90 Å². The lowest BCUT2D eigenvalue weighted by atomic mass is 9.79. The van der Waals surface area contributed by atoms with E-state index < -0.39 is 0 Å². The van der Waals surface area contributed by atoms with Crippen LogP contribution in [0.2, 0.25) is 0 Å². The monoisotopic (exact) mass is 589 g/mol. The number of rotatable bonds is 4. The average molecular weight is 590 g/mol. The summed E-state index contributed by atoms with van der Waals surface area (Å²) in [4.78, 5) is 12.5. The van der Waals surface area contributed by atoms with Gasteiger partial charge >= 0.3 is 0 Å². The minimum atomic E-state index is -0.0768. The molecule has 9 rings (SSSR count). The molecule has 2 aliphatic rings. The van der Waals surface area contributed by atoms with E-state index in [0.29, 0.717) is 5.82 Å². The normalized spacial score (nSPS) is 13.9. The number of nitrogens with zero attached hydrogens (tertiary/aromatic N) is 3. The van der Waals surface area contributed by atoms with Gasteiger partial charge in [0.1, 0.15) is 0 Å². The van der Waals surface area contributed by atoms with E-state index in [2.05, 4.69) is 158 Å². The molecular formula is C43H31N3. The molecule has 218 valence electrons. The van der Waals surface area contributed by atoms with Gasteiger partial charge in [-0.2, -0.15) is 0 Å². The van der Waals surface area contributed by atoms with Crippen molar-refractivity contribution in [2.24, 2.45) is 0 Å². The van der Waals surface area contributed by atoms with Crippen LogP contribution in [-0.2, 0) is 5.41 Å². The maximum atomic E-state index is 5.09. The Morgan fingerprint density at radius 3 is 1.96 bits per heavy atom. The molecule has 0 fully saturated rings. The van der Waals surface area contributed by atoms with Gasteiger partial charge in [0.15, 0.2) is 5.82 Å². The zero-order chi connectivity index (χ0) is 30.8. The zero-order valence-electron chi connectivity index (χ0n) is 25.8. The summed E-state index contributed by atoms with van der Waals surface area (Å²) in [6, 6.07) is 49.4. The van der Waals surface area contributed by atoms with Crippen molar-refractivity contribution in [3.05, 3.63) is 162 Å². The van der Waals surface area contributed by atoms with Gasteiger partial charge in [0.2, 0.25) is 0 Å². The number of hydrogen-bond acceptors (Lipinski definition) is 3. The molecule has 1 aromatic heterocycles. The summed E-state index contributed by atoms with van der Waals surface area (Å²) in [6.07, 6.45) is 4.46. The largest absolute Gasteiger partial charge is 0.316 e. The molecule has 3 nitrogen and oxygen atoms in total. The SMILES string of the molecule is CC1(C)c2ccccc2-c2cc3c4c(cccc4c21)N(c1cccc(-c2nc(-c4ccccc4)cc(-c4ccccc4)n2)c1)C=C3. The lowest BCUT2D eigenvalue weighted by Gasteiger charge is -2.30. The highest BCUT2D eigenvalue weighted by Gasteiger charge is 2.38. The Labute approximate surface area is 269 Å². The Bertz CT molecular complexity index is 2280. The van der Waals surface area contributed by atoms with Crippen LogP contribution in [0.4, 0.5) is 11.4 Å². The molecular weight excluding hydrogens is 558 g/mol. The van der Waals surface area contributed by atoms with Crippen molar-refractivity contribution >= 4 is 28.2 Å². The molecule has 0 bridgehead atoms. The van der Waals surface area contributed by atoms with Crippen LogP contribution in [-0.4, -0.2) is 9.97 Å². The molecule has 0 saturated heterocycles. The van der Waals surface area contributed by atoms with E-state index in [1.54, 1.807) is 0 Å². The van der Waals surface area contributed by atoms with Crippen molar-refractivity contribution in [1.29, 1.82) is 0 Å². The first-order chi connectivity index (χ1) is 22.6. The lowest BCUT2D eigenvalue weighted by Crippen LogP contribution is -2.17. The maximum absolute atomic E-state index is 5.09. The van der Waals surface area contributed by atoms with Crippen molar-refractivity contribution in [3.63, 3.8) is 0 Å². The summed E-state index contributed by atoms with van der Waals surface area (Å²) in [5.41, 5.74) is 13.9. The summed E-state index contributed by atoms with van der Waals surface area (Å²) >= 11 is 0. The molecule has 0 atom stereocenters. The summed E-state index contributed by atoms with van der Waals surface area (Å²) in [5, 5.41) is 2.62. The molecule has 7 aromatic rings. The van der Waals surface area contributed by atoms with E-state index in [1.807, 2.05) is 12.1 Å². The first-order valence-corrected chi connectivity index (χ1v) is 15.8. The second-order valence-electron chi connectivity index (χ2n) is 12.7. The smallest absolute Gasteiger partial charge is 0.160 e. The summed E-state index contributed by atoms with van der Waals surface area (Å²) in [6.45, 7) is 4.72. The fourth-order valence-corrected chi connectivity index (χ4v) is 7.46. The Hall–Kier alpha value is -5.80. The van der Waals surface area contributed by atoms with Gasteiger partial charge in [0.25, 0.3) is 0 Å². The third kappa shape index (κ3) is 4.05. The highest BCUT2D eigenvalue weighted by molar-refractivity contribution is 6.10. The topological polar surface area (TPSA) is 29.0 Å². The lowest BCUT2D eigenvalue weighted by molar-refractivity contribution is 0.666. The number of aromatic nitrogens is 2. The third-order valence-corrected chi connectivity index (χ3v) is 9.60. The molecule has 0 unspecified atom stereocenters. The van der Waals surface area contributed by atoms with Gasteiger partial charge in [-0.05, 0) is 69.6 Å². The van der Waals surface area contributed by atoms with E-state index in [-0.39, 0.29) is 5.41 Å². The quantitative estimate of drug-likeness (QED) is 0.204. The van der Waals surface area contributed by atoms with Gasteiger partial charge in [-0.15, -0.1) is 0 Å². The Balaban J connectivity index is 1.18. The Kier molecular flexibility index (Phi) is 5.85. The van der Waals surface area contributed by atoms with Crippen molar-refractivity contribution in [2.75, 3.05) is 4.90 Å². The van der Waals surface area contributed by atoms with Crippen LogP contribution in [0.3, 0.4) is 0 Å². The van der Waals surface area contributed by atoms with Crippen LogP contribution >= 0.6 is 0 Å². The average Bonchev–Trinajstić information content (AvgIpc) is 3.35. The third-order valence-electron chi connectivity index (χ3n) is 9.60. The minimum absolute atomic E-state index is 0.0768. The fraction of sp³-hybridized carbons (Fsp3) is 0.0698. The molecule has 0 N–H and O–H groups in total. The van der Waals surface area contributed by atoms with Gasteiger partial charge in [0, 0.05) is 39.4 Å². The van der Waals surface area contributed by atoms with Gasteiger partial charge in [-0.25, -0.2) is 9.97 Å². The second-order valence-corrected chi connectivity index (χ2v) is 12.7. The van der Waals surface area contributed by atoms with Crippen molar-refractivity contribution < 1.29 is 0 Å². The molecule has 0 amide bonds. The number of fused-ring (bicyclic) bond motifs is 4. The van der Waals surface area contributed by atoms with Crippen LogP contribution in [0.15, 0.2) is 146 Å². The summed E-state index contributed by atoms with van der Waals surface area (Å²) < 4.78 is 0. The molecule has 6 aromatic carbocycles. The molecule has 1 aliphatic heterocycles. The van der Waals surface area contributed by atoms with Crippen molar-refractivity contribution in [2.45, 2.75) is 19.3 Å². The number of benzene rings is 6. The van der Waals surface area contributed by atoms with Gasteiger partial charge in [0.05, 0.1) is 17.1 Å². The molecule has 0 saturated carbocycles. The van der Waals surface area contributed by atoms with Crippen LogP contribution in [0.25, 0.3) is 61.9 Å². The molecule has 46 heavy (non-hydrogen) atoms. The van der Waals surface area contributed by atoms with Crippen LogP contribution < -0.4 is 4.90 Å². The second kappa shape index (κ2) is 10.1. The number of hydrogen-bond donors (Lipinski definition) is 0. The highest BCUT2D eigenvalue weighted by atomic mass is 15.1. The van der Waals surface area contributed by atoms with Gasteiger partial charge in [-0.3, -0.25) is 0 Å². The first-order valence-electron chi connectivity index (χ1n) is 15.8.